The van der Waals surface area contributed by atoms with E-state index in [1.165, 1.54) is 11.1 Å². The molecule has 0 spiro atoms. The second-order valence-electron chi connectivity index (χ2n) is 3.36. The first kappa shape index (κ1) is 8.75. The van der Waals surface area contributed by atoms with Gasteiger partial charge in [-0.1, -0.05) is 30.8 Å². The SMILES string of the molecule is C=C(N)C1=NC=C1c1ccccc1C. The Bertz CT molecular complexity index is 453. The molecule has 1 heterocycles. The third kappa shape index (κ3) is 1.25. The zero-order valence-electron chi connectivity index (χ0n) is 8.12. The second-order valence-corrected chi connectivity index (χ2v) is 3.36. The summed E-state index contributed by atoms with van der Waals surface area (Å²) in [6.45, 7) is 5.76. The molecular weight excluding hydrogens is 172 g/mol. The van der Waals surface area contributed by atoms with Crippen LogP contribution < -0.4 is 5.73 Å². The molecule has 2 nitrogen and oxygen atoms in total. The molecule has 0 unspecified atom stereocenters. The van der Waals surface area contributed by atoms with E-state index < -0.39 is 0 Å². The molecule has 1 aromatic carbocycles. The van der Waals surface area contributed by atoms with Crippen molar-refractivity contribution in [3.05, 3.63) is 53.9 Å². The van der Waals surface area contributed by atoms with Crippen molar-refractivity contribution in [2.75, 3.05) is 0 Å². The summed E-state index contributed by atoms with van der Waals surface area (Å²) in [6, 6.07) is 8.18. The number of aryl methyl sites for hydroxylation is 1. The van der Waals surface area contributed by atoms with E-state index in [0.29, 0.717) is 5.70 Å². The van der Waals surface area contributed by atoms with E-state index in [4.69, 9.17) is 5.73 Å². The average Bonchev–Trinajstić information content (AvgIpc) is 2.05. The van der Waals surface area contributed by atoms with E-state index in [1.54, 1.807) is 0 Å². The lowest BCUT2D eigenvalue weighted by atomic mass is 9.94. The number of nitrogens with zero attached hydrogens (tertiary/aromatic N) is 1. The number of hydrogen-bond acceptors (Lipinski definition) is 2. The summed E-state index contributed by atoms with van der Waals surface area (Å²) >= 11 is 0. The molecule has 2 N–H and O–H groups in total. The Balaban J connectivity index is 2.36. The van der Waals surface area contributed by atoms with Crippen LogP contribution in [0.3, 0.4) is 0 Å². The lowest BCUT2D eigenvalue weighted by molar-refractivity contribution is 1.37. The van der Waals surface area contributed by atoms with Crippen LogP contribution in [0.25, 0.3) is 5.57 Å². The van der Waals surface area contributed by atoms with Crippen LogP contribution in [0.4, 0.5) is 0 Å². The zero-order valence-corrected chi connectivity index (χ0v) is 8.12. The standard InChI is InChI=1S/C12H12N2/c1-8-5-3-4-6-10(8)11-7-14-12(11)9(2)13/h3-7H,2,13H2,1H3. The highest BCUT2D eigenvalue weighted by molar-refractivity contribution is 6.35. The summed E-state index contributed by atoms with van der Waals surface area (Å²) in [4.78, 5) is 4.10. The molecule has 0 aliphatic carbocycles. The monoisotopic (exact) mass is 184 g/mol. The predicted molar refractivity (Wildman–Crippen MR) is 59.9 cm³/mol. The number of hydrogen-bond donors (Lipinski definition) is 1. The van der Waals surface area contributed by atoms with E-state index in [-0.39, 0.29) is 0 Å². The lowest BCUT2D eigenvalue weighted by Crippen LogP contribution is -2.17. The Hall–Kier alpha value is -1.83. The average molecular weight is 184 g/mol. The van der Waals surface area contributed by atoms with Gasteiger partial charge in [0.15, 0.2) is 0 Å². The molecular formula is C12H12N2. The van der Waals surface area contributed by atoms with E-state index in [2.05, 4.69) is 30.6 Å². The van der Waals surface area contributed by atoms with Crippen LogP contribution in [-0.2, 0) is 0 Å². The van der Waals surface area contributed by atoms with Crippen LogP contribution in [0.15, 0.2) is 47.7 Å². The molecule has 0 saturated heterocycles. The first-order chi connectivity index (χ1) is 6.70. The molecule has 2 heteroatoms. The van der Waals surface area contributed by atoms with Crippen molar-refractivity contribution < 1.29 is 0 Å². The first-order valence-corrected chi connectivity index (χ1v) is 4.49. The number of nitrogens with two attached hydrogens (primary N) is 1. The van der Waals surface area contributed by atoms with Gasteiger partial charge in [0.25, 0.3) is 0 Å². The number of rotatable bonds is 2. The lowest BCUT2D eigenvalue weighted by Gasteiger charge is -2.17. The van der Waals surface area contributed by atoms with E-state index >= 15 is 0 Å². The molecule has 2 rings (SSSR count). The second kappa shape index (κ2) is 3.14. The number of allylic oxidation sites excluding steroid dienone is 1. The van der Waals surface area contributed by atoms with Gasteiger partial charge in [0.2, 0.25) is 0 Å². The largest absolute Gasteiger partial charge is 0.397 e. The maximum atomic E-state index is 5.61. The normalized spacial score (nSPS) is 14.1. The fraction of sp³-hybridized carbons (Fsp3) is 0.0833. The topological polar surface area (TPSA) is 38.4 Å². The highest BCUT2D eigenvalue weighted by Crippen LogP contribution is 2.27. The Kier molecular flexibility index (Phi) is 1.97. The third-order valence-electron chi connectivity index (χ3n) is 2.32. The molecule has 1 aliphatic rings. The maximum Gasteiger partial charge on any atom is 0.0946 e. The minimum atomic E-state index is 0.533. The fourth-order valence-corrected chi connectivity index (χ4v) is 1.52. The molecule has 1 aliphatic heterocycles. The summed E-state index contributed by atoms with van der Waals surface area (Å²) in [7, 11) is 0. The van der Waals surface area contributed by atoms with Gasteiger partial charge >= 0.3 is 0 Å². The number of benzene rings is 1. The van der Waals surface area contributed by atoms with Gasteiger partial charge in [0, 0.05) is 11.8 Å². The van der Waals surface area contributed by atoms with Crippen LogP contribution in [-0.4, -0.2) is 5.71 Å². The van der Waals surface area contributed by atoms with Crippen LogP contribution >= 0.6 is 0 Å². The predicted octanol–water partition coefficient (Wildman–Crippen LogP) is 2.26. The Morgan fingerprint density at radius 2 is 2.07 bits per heavy atom. The zero-order chi connectivity index (χ0) is 10.1. The van der Waals surface area contributed by atoms with E-state index in [1.807, 2.05) is 18.3 Å². The van der Waals surface area contributed by atoms with Crippen molar-refractivity contribution in [1.29, 1.82) is 0 Å². The fourth-order valence-electron chi connectivity index (χ4n) is 1.52. The van der Waals surface area contributed by atoms with Crippen molar-refractivity contribution in [3.8, 4) is 0 Å². The smallest absolute Gasteiger partial charge is 0.0946 e. The molecule has 0 bridgehead atoms. The summed E-state index contributed by atoms with van der Waals surface area (Å²) < 4.78 is 0. The van der Waals surface area contributed by atoms with Gasteiger partial charge in [0.05, 0.1) is 11.4 Å². The third-order valence-corrected chi connectivity index (χ3v) is 2.32. The summed E-state index contributed by atoms with van der Waals surface area (Å²) in [6.07, 6.45) is 1.83. The van der Waals surface area contributed by atoms with Crippen molar-refractivity contribution in [1.82, 2.24) is 0 Å². The van der Waals surface area contributed by atoms with Gasteiger partial charge in [-0.15, -0.1) is 0 Å². The van der Waals surface area contributed by atoms with Gasteiger partial charge in [-0.05, 0) is 18.1 Å². The molecule has 70 valence electrons. The van der Waals surface area contributed by atoms with Crippen LogP contribution in [0, 0.1) is 6.92 Å². The summed E-state index contributed by atoms with van der Waals surface area (Å²) in [5.41, 5.74) is 10.5. The van der Waals surface area contributed by atoms with Gasteiger partial charge in [-0.25, -0.2) is 0 Å². The number of aliphatic imine (C=N–C) groups is 1. The van der Waals surface area contributed by atoms with Crippen molar-refractivity contribution in [2.24, 2.45) is 10.7 Å². The summed E-state index contributed by atoms with van der Waals surface area (Å²) in [5.74, 6) is 0. The van der Waals surface area contributed by atoms with Gasteiger partial charge in [-0.2, -0.15) is 0 Å². The van der Waals surface area contributed by atoms with Gasteiger partial charge in [0.1, 0.15) is 0 Å². The summed E-state index contributed by atoms with van der Waals surface area (Å²) in [5, 5.41) is 0. The Morgan fingerprint density at radius 1 is 1.36 bits per heavy atom. The molecule has 14 heavy (non-hydrogen) atoms. The van der Waals surface area contributed by atoms with E-state index in [9.17, 15) is 0 Å². The van der Waals surface area contributed by atoms with Crippen LogP contribution in [0.2, 0.25) is 0 Å². The quantitative estimate of drug-likeness (QED) is 0.752. The molecule has 0 saturated carbocycles. The molecule has 0 radical (unpaired) electrons. The highest BCUT2D eigenvalue weighted by Gasteiger charge is 2.17. The van der Waals surface area contributed by atoms with Gasteiger partial charge < -0.3 is 5.73 Å². The van der Waals surface area contributed by atoms with Crippen molar-refractivity contribution >= 4 is 11.3 Å². The van der Waals surface area contributed by atoms with E-state index in [0.717, 1.165) is 11.3 Å². The highest BCUT2D eigenvalue weighted by atomic mass is 14.8. The Morgan fingerprint density at radius 3 is 2.57 bits per heavy atom. The van der Waals surface area contributed by atoms with Crippen LogP contribution in [0.1, 0.15) is 11.1 Å². The van der Waals surface area contributed by atoms with Gasteiger partial charge in [-0.3, -0.25) is 4.99 Å². The van der Waals surface area contributed by atoms with Crippen LogP contribution in [0.5, 0.6) is 0 Å². The Labute approximate surface area is 83.5 Å². The molecule has 0 fully saturated rings. The first-order valence-electron chi connectivity index (χ1n) is 4.49. The minimum Gasteiger partial charge on any atom is -0.397 e. The maximum absolute atomic E-state index is 5.61. The van der Waals surface area contributed by atoms with Crippen molar-refractivity contribution in [2.45, 2.75) is 6.92 Å². The molecule has 0 aromatic heterocycles. The molecule has 0 amide bonds. The van der Waals surface area contributed by atoms with Crippen molar-refractivity contribution in [3.63, 3.8) is 0 Å². The minimum absolute atomic E-state index is 0.533. The molecule has 1 aromatic rings. The molecule has 0 atom stereocenters.